The Labute approximate surface area is 100 Å². The summed E-state index contributed by atoms with van der Waals surface area (Å²) < 4.78 is 5.48. The third kappa shape index (κ3) is 4.40. The van der Waals surface area contributed by atoms with Gasteiger partial charge in [0.1, 0.15) is 0 Å². The Hall–Kier alpha value is -0.120. The second kappa shape index (κ2) is 8.04. The van der Waals surface area contributed by atoms with Gasteiger partial charge in [-0.05, 0) is 12.3 Å². The number of rotatable bonds is 7. The molecule has 0 aromatic carbocycles. The highest BCUT2D eigenvalue weighted by Gasteiger charge is 2.23. The van der Waals surface area contributed by atoms with E-state index in [9.17, 15) is 0 Å². The summed E-state index contributed by atoms with van der Waals surface area (Å²) in [5.41, 5.74) is 5.79. The molecule has 96 valence electrons. The van der Waals surface area contributed by atoms with Crippen LogP contribution < -0.4 is 5.73 Å². The Bertz CT molecular complexity index is 175. The van der Waals surface area contributed by atoms with Crippen LogP contribution >= 0.6 is 0 Å². The SMILES string of the molecule is CCCCC(CC)CN1CCOCC1CN. The molecule has 0 amide bonds. The second-order valence-corrected chi connectivity index (χ2v) is 4.88. The maximum Gasteiger partial charge on any atom is 0.0634 e. The van der Waals surface area contributed by atoms with E-state index in [1.807, 2.05) is 0 Å². The second-order valence-electron chi connectivity index (χ2n) is 4.88. The van der Waals surface area contributed by atoms with Crippen molar-refractivity contribution in [3.63, 3.8) is 0 Å². The molecule has 16 heavy (non-hydrogen) atoms. The zero-order valence-corrected chi connectivity index (χ0v) is 11.0. The van der Waals surface area contributed by atoms with Crippen LogP contribution in [0.25, 0.3) is 0 Å². The Morgan fingerprint density at radius 3 is 2.88 bits per heavy atom. The smallest absolute Gasteiger partial charge is 0.0634 e. The van der Waals surface area contributed by atoms with E-state index < -0.39 is 0 Å². The summed E-state index contributed by atoms with van der Waals surface area (Å²) in [5, 5.41) is 0. The first-order chi connectivity index (χ1) is 7.81. The molecule has 0 saturated carbocycles. The predicted molar refractivity (Wildman–Crippen MR) is 68.5 cm³/mol. The molecule has 3 heteroatoms. The topological polar surface area (TPSA) is 38.5 Å². The standard InChI is InChI=1S/C13H28N2O/c1-3-5-6-12(4-2)10-15-7-8-16-11-13(15)9-14/h12-13H,3-11,14H2,1-2H3. The van der Waals surface area contributed by atoms with Crippen molar-refractivity contribution in [1.29, 1.82) is 0 Å². The Balaban J connectivity index is 2.35. The van der Waals surface area contributed by atoms with E-state index in [0.29, 0.717) is 6.04 Å². The van der Waals surface area contributed by atoms with Crippen LogP contribution in [0.4, 0.5) is 0 Å². The van der Waals surface area contributed by atoms with Gasteiger partial charge >= 0.3 is 0 Å². The number of hydrogen-bond acceptors (Lipinski definition) is 3. The first kappa shape index (κ1) is 13.9. The number of unbranched alkanes of at least 4 members (excludes halogenated alkanes) is 1. The Kier molecular flexibility index (Phi) is 7.01. The molecule has 0 spiro atoms. The minimum atomic E-state index is 0.449. The summed E-state index contributed by atoms with van der Waals surface area (Å²) in [6, 6.07) is 0.449. The van der Waals surface area contributed by atoms with E-state index in [1.165, 1.54) is 32.2 Å². The highest BCUT2D eigenvalue weighted by atomic mass is 16.5. The fourth-order valence-corrected chi connectivity index (χ4v) is 2.40. The lowest BCUT2D eigenvalue weighted by molar-refractivity contribution is -0.0116. The zero-order chi connectivity index (χ0) is 11.8. The maximum atomic E-state index is 5.79. The summed E-state index contributed by atoms with van der Waals surface area (Å²) in [5.74, 6) is 0.840. The molecule has 0 radical (unpaired) electrons. The number of hydrogen-bond donors (Lipinski definition) is 1. The Morgan fingerprint density at radius 1 is 1.44 bits per heavy atom. The van der Waals surface area contributed by atoms with E-state index in [-0.39, 0.29) is 0 Å². The molecule has 1 aliphatic heterocycles. The van der Waals surface area contributed by atoms with E-state index in [4.69, 9.17) is 10.5 Å². The third-order valence-electron chi connectivity index (χ3n) is 3.66. The molecule has 2 unspecified atom stereocenters. The number of morpholine rings is 1. The predicted octanol–water partition coefficient (Wildman–Crippen LogP) is 1.86. The quantitative estimate of drug-likeness (QED) is 0.723. The fourth-order valence-electron chi connectivity index (χ4n) is 2.40. The minimum Gasteiger partial charge on any atom is -0.378 e. The van der Waals surface area contributed by atoms with E-state index in [0.717, 1.165) is 32.2 Å². The van der Waals surface area contributed by atoms with Crippen molar-refractivity contribution >= 4 is 0 Å². The highest BCUT2D eigenvalue weighted by Crippen LogP contribution is 2.17. The van der Waals surface area contributed by atoms with Gasteiger partial charge in [-0.25, -0.2) is 0 Å². The lowest BCUT2D eigenvalue weighted by atomic mass is 9.98. The highest BCUT2D eigenvalue weighted by molar-refractivity contribution is 4.78. The normalized spacial score (nSPS) is 24.6. The van der Waals surface area contributed by atoms with Gasteiger partial charge in [-0.3, -0.25) is 4.90 Å². The zero-order valence-electron chi connectivity index (χ0n) is 11.0. The molecule has 1 fully saturated rings. The molecule has 1 rings (SSSR count). The summed E-state index contributed by atoms with van der Waals surface area (Å²) >= 11 is 0. The summed E-state index contributed by atoms with van der Waals surface area (Å²) in [6.07, 6.45) is 5.31. The lowest BCUT2D eigenvalue weighted by Gasteiger charge is -2.37. The molecule has 2 N–H and O–H groups in total. The van der Waals surface area contributed by atoms with Crippen LogP contribution in [-0.4, -0.2) is 43.8 Å². The van der Waals surface area contributed by atoms with Gasteiger partial charge in [-0.15, -0.1) is 0 Å². The Morgan fingerprint density at radius 2 is 2.25 bits per heavy atom. The van der Waals surface area contributed by atoms with Crippen LogP contribution in [0.5, 0.6) is 0 Å². The number of ether oxygens (including phenoxy) is 1. The molecule has 0 aliphatic carbocycles. The first-order valence-electron chi connectivity index (χ1n) is 6.83. The van der Waals surface area contributed by atoms with Gasteiger partial charge in [-0.1, -0.05) is 33.1 Å². The third-order valence-corrected chi connectivity index (χ3v) is 3.66. The molecule has 2 atom stereocenters. The van der Waals surface area contributed by atoms with Gasteiger partial charge in [-0.2, -0.15) is 0 Å². The van der Waals surface area contributed by atoms with Crippen molar-refractivity contribution in [3.05, 3.63) is 0 Å². The maximum absolute atomic E-state index is 5.79. The van der Waals surface area contributed by atoms with E-state index in [1.54, 1.807) is 0 Å². The summed E-state index contributed by atoms with van der Waals surface area (Å²) in [4.78, 5) is 2.54. The largest absolute Gasteiger partial charge is 0.378 e. The van der Waals surface area contributed by atoms with Crippen LogP contribution in [0.3, 0.4) is 0 Å². The van der Waals surface area contributed by atoms with Crippen molar-refractivity contribution in [2.75, 3.05) is 32.8 Å². The van der Waals surface area contributed by atoms with Crippen LogP contribution in [0.2, 0.25) is 0 Å². The van der Waals surface area contributed by atoms with Crippen LogP contribution in [0.1, 0.15) is 39.5 Å². The minimum absolute atomic E-state index is 0.449. The molecule has 1 heterocycles. The van der Waals surface area contributed by atoms with Crippen LogP contribution in [-0.2, 0) is 4.74 Å². The fraction of sp³-hybridized carbons (Fsp3) is 1.00. The van der Waals surface area contributed by atoms with Gasteiger partial charge < -0.3 is 10.5 Å². The van der Waals surface area contributed by atoms with Crippen molar-refractivity contribution in [2.45, 2.75) is 45.6 Å². The average molecular weight is 228 g/mol. The van der Waals surface area contributed by atoms with Gasteiger partial charge in [0.05, 0.1) is 13.2 Å². The van der Waals surface area contributed by atoms with Crippen molar-refractivity contribution in [2.24, 2.45) is 11.7 Å². The van der Waals surface area contributed by atoms with E-state index >= 15 is 0 Å². The van der Waals surface area contributed by atoms with Gasteiger partial charge in [0.15, 0.2) is 0 Å². The van der Waals surface area contributed by atoms with Gasteiger partial charge in [0.25, 0.3) is 0 Å². The first-order valence-corrected chi connectivity index (χ1v) is 6.83. The van der Waals surface area contributed by atoms with Crippen LogP contribution in [0.15, 0.2) is 0 Å². The molecule has 1 aliphatic rings. The summed E-state index contributed by atoms with van der Waals surface area (Å²) in [7, 11) is 0. The molecule has 3 nitrogen and oxygen atoms in total. The van der Waals surface area contributed by atoms with Crippen molar-refractivity contribution < 1.29 is 4.74 Å². The van der Waals surface area contributed by atoms with Crippen molar-refractivity contribution in [3.8, 4) is 0 Å². The monoisotopic (exact) mass is 228 g/mol. The molecule has 0 bridgehead atoms. The molecule has 1 saturated heterocycles. The average Bonchev–Trinajstić information content (AvgIpc) is 2.34. The summed E-state index contributed by atoms with van der Waals surface area (Å²) in [6.45, 7) is 9.26. The van der Waals surface area contributed by atoms with Crippen molar-refractivity contribution in [1.82, 2.24) is 4.90 Å². The molecule has 0 aromatic rings. The number of nitrogens with two attached hydrogens (primary N) is 1. The molecular formula is C13H28N2O. The molecule has 0 aromatic heterocycles. The van der Waals surface area contributed by atoms with Crippen LogP contribution in [0, 0.1) is 5.92 Å². The molecular weight excluding hydrogens is 200 g/mol. The number of nitrogens with zero attached hydrogens (tertiary/aromatic N) is 1. The lowest BCUT2D eigenvalue weighted by Crippen LogP contribution is -2.50. The van der Waals surface area contributed by atoms with Gasteiger partial charge in [0.2, 0.25) is 0 Å². The van der Waals surface area contributed by atoms with E-state index in [2.05, 4.69) is 18.7 Å². The van der Waals surface area contributed by atoms with Gasteiger partial charge in [0, 0.05) is 25.7 Å².